The molecule has 0 atom stereocenters. The molecule has 0 radical (unpaired) electrons. The van der Waals surface area contributed by atoms with E-state index in [1.807, 2.05) is 18.2 Å². The summed E-state index contributed by atoms with van der Waals surface area (Å²) in [6, 6.07) is 8.97. The molecule has 0 bridgehead atoms. The molecule has 0 aliphatic heterocycles. The summed E-state index contributed by atoms with van der Waals surface area (Å²) in [5, 5.41) is 0. The van der Waals surface area contributed by atoms with E-state index >= 15 is 0 Å². The van der Waals surface area contributed by atoms with Gasteiger partial charge in [-0.25, -0.2) is 0 Å². The van der Waals surface area contributed by atoms with Crippen molar-refractivity contribution in [1.82, 2.24) is 4.98 Å². The first-order valence-corrected chi connectivity index (χ1v) is 5.93. The Morgan fingerprint density at radius 1 is 1.35 bits per heavy atom. The number of nitrogens with zero attached hydrogens (tertiary/aromatic N) is 1. The van der Waals surface area contributed by atoms with Crippen LogP contribution in [0.15, 0.2) is 47.2 Å². The van der Waals surface area contributed by atoms with Gasteiger partial charge >= 0.3 is 0 Å². The van der Waals surface area contributed by atoms with Gasteiger partial charge in [-0.15, -0.1) is 0 Å². The minimum atomic E-state index is 0.00278. The lowest BCUT2D eigenvalue weighted by Gasteiger charge is -2.05. The number of pyridine rings is 1. The van der Waals surface area contributed by atoms with Gasteiger partial charge in [0.05, 0.1) is 0 Å². The third-order valence-corrected chi connectivity index (χ3v) is 2.89. The lowest BCUT2D eigenvalue weighted by atomic mass is 10.0. The summed E-state index contributed by atoms with van der Waals surface area (Å²) in [6.45, 7) is 0. The molecule has 0 fully saturated rings. The van der Waals surface area contributed by atoms with Crippen LogP contribution in [0.3, 0.4) is 0 Å². The van der Waals surface area contributed by atoms with E-state index in [0.717, 1.165) is 10.0 Å². The molecule has 0 saturated carbocycles. The molecule has 4 heteroatoms. The van der Waals surface area contributed by atoms with E-state index in [0.29, 0.717) is 17.7 Å². The van der Waals surface area contributed by atoms with E-state index in [2.05, 4.69) is 20.9 Å². The molecule has 2 aromatic rings. The van der Waals surface area contributed by atoms with Crippen molar-refractivity contribution in [2.45, 2.75) is 6.42 Å². The number of hydrogen-bond acceptors (Lipinski definition) is 3. The van der Waals surface area contributed by atoms with Crippen LogP contribution in [-0.4, -0.2) is 10.8 Å². The number of anilines is 1. The standard InChI is InChI=1S/C13H11BrN2O/c14-10-3-4-11(12(15)7-10)13(17)6-9-2-1-5-16-8-9/h1-5,7-8H,6,15H2. The molecule has 1 aromatic carbocycles. The maximum absolute atomic E-state index is 12.0. The number of rotatable bonds is 3. The van der Waals surface area contributed by atoms with Gasteiger partial charge in [-0.3, -0.25) is 9.78 Å². The van der Waals surface area contributed by atoms with Crippen molar-refractivity contribution < 1.29 is 4.79 Å². The van der Waals surface area contributed by atoms with Gasteiger partial charge in [0.15, 0.2) is 5.78 Å². The predicted molar refractivity (Wildman–Crippen MR) is 70.8 cm³/mol. The molecule has 3 nitrogen and oxygen atoms in total. The van der Waals surface area contributed by atoms with E-state index in [1.54, 1.807) is 24.5 Å². The number of benzene rings is 1. The van der Waals surface area contributed by atoms with Crippen molar-refractivity contribution >= 4 is 27.4 Å². The molecule has 86 valence electrons. The highest BCUT2D eigenvalue weighted by Crippen LogP contribution is 2.20. The summed E-state index contributed by atoms with van der Waals surface area (Å²) < 4.78 is 0.868. The molecule has 1 heterocycles. The van der Waals surface area contributed by atoms with Crippen LogP contribution >= 0.6 is 15.9 Å². The van der Waals surface area contributed by atoms with Gasteiger partial charge in [-0.2, -0.15) is 0 Å². The maximum Gasteiger partial charge on any atom is 0.169 e. The topological polar surface area (TPSA) is 56.0 Å². The molecule has 0 aliphatic carbocycles. The molecular formula is C13H11BrN2O. The quantitative estimate of drug-likeness (QED) is 0.699. The van der Waals surface area contributed by atoms with Crippen LogP contribution in [0.4, 0.5) is 5.69 Å². The molecular weight excluding hydrogens is 280 g/mol. The molecule has 0 aliphatic rings. The van der Waals surface area contributed by atoms with Crippen molar-refractivity contribution in [2.75, 3.05) is 5.73 Å². The summed E-state index contributed by atoms with van der Waals surface area (Å²) in [5.41, 5.74) is 7.74. The Labute approximate surface area is 108 Å². The lowest BCUT2D eigenvalue weighted by Crippen LogP contribution is -2.07. The monoisotopic (exact) mass is 290 g/mol. The number of nitrogen functional groups attached to an aromatic ring is 1. The fourth-order valence-electron chi connectivity index (χ4n) is 1.57. The first kappa shape index (κ1) is 11.8. The second kappa shape index (κ2) is 5.10. The van der Waals surface area contributed by atoms with E-state index in [-0.39, 0.29) is 5.78 Å². The minimum absolute atomic E-state index is 0.00278. The fourth-order valence-corrected chi connectivity index (χ4v) is 1.95. The molecule has 2 rings (SSSR count). The summed E-state index contributed by atoms with van der Waals surface area (Å²) in [4.78, 5) is 16.0. The second-order valence-electron chi connectivity index (χ2n) is 3.69. The number of hydrogen-bond donors (Lipinski definition) is 1. The maximum atomic E-state index is 12.0. The van der Waals surface area contributed by atoms with Crippen LogP contribution < -0.4 is 5.73 Å². The van der Waals surface area contributed by atoms with E-state index in [9.17, 15) is 4.79 Å². The van der Waals surface area contributed by atoms with Crippen molar-refractivity contribution in [3.8, 4) is 0 Å². The van der Waals surface area contributed by atoms with E-state index in [1.165, 1.54) is 0 Å². The molecule has 2 N–H and O–H groups in total. The third-order valence-electron chi connectivity index (χ3n) is 2.40. The van der Waals surface area contributed by atoms with Crippen molar-refractivity contribution in [3.05, 3.63) is 58.3 Å². The van der Waals surface area contributed by atoms with Gasteiger partial charge in [-0.05, 0) is 29.8 Å². The molecule has 0 amide bonds. The highest BCUT2D eigenvalue weighted by molar-refractivity contribution is 9.10. The summed E-state index contributed by atoms with van der Waals surface area (Å²) in [5.74, 6) is 0.00278. The van der Waals surface area contributed by atoms with Crippen LogP contribution in [0.2, 0.25) is 0 Å². The Bertz CT molecular complexity index is 540. The predicted octanol–water partition coefficient (Wildman–Crippen LogP) is 2.85. The van der Waals surface area contributed by atoms with Crippen molar-refractivity contribution in [2.24, 2.45) is 0 Å². The Morgan fingerprint density at radius 3 is 2.82 bits per heavy atom. The first-order chi connectivity index (χ1) is 8.16. The Kier molecular flexibility index (Phi) is 3.54. The largest absolute Gasteiger partial charge is 0.398 e. The van der Waals surface area contributed by atoms with Crippen LogP contribution in [0.25, 0.3) is 0 Å². The van der Waals surface area contributed by atoms with Crippen LogP contribution in [-0.2, 0) is 6.42 Å². The average molecular weight is 291 g/mol. The van der Waals surface area contributed by atoms with Crippen LogP contribution in [0, 0.1) is 0 Å². The van der Waals surface area contributed by atoms with E-state index < -0.39 is 0 Å². The highest BCUT2D eigenvalue weighted by Gasteiger charge is 2.10. The number of carbonyl (C=O) groups is 1. The van der Waals surface area contributed by atoms with Gasteiger partial charge < -0.3 is 5.73 Å². The highest BCUT2D eigenvalue weighted by atomic mass is 79.9. The van der Waals surface area contributed by atoms with Crippen LogP contribution in [0.5, 0.6) is 0 Å². The number of ketones is 1. The smallest absolute Gasteiger partial charge is 0.169 e. The zero-order chi connectivity index (χ0) is 12.3. The molecule has 0 unspecified atom stereocenters. The van der Waals surface area contributed by atoms with Crippen molar-refractivity contribution in [3.63, 3.8) is 0 Å². The second-order valence-corrected chi connectivity index (χ2v) is 4.61. The number of aromatic nitrogens is 1. The fraction of sp³-hybridized carbons (Fsp3) is 0.0769. The molecule has 17 heavy (non-hydrogen) atoms. The zero-order valence-electron chi connectivity index (χ0n) is 9.06. The van der Waals surface area contributed by atoms with Crippen molar-refractivity contribution in [1.29, 1.82) is 0 Å². The first-order valence-electron chi connectivity index (χ1n) is 5.14. The van der Waals surface area contributed by atoms with Gasteiger partial charge in [0, 0.05) is 34.5 Å². The number of nitrogens with two attached hydrogens (primary N) is 1. The SMILES string of the molecule is Nc1cc(Br)ccc1C(=O)Cc1cccnc1. The Hall–Kier alpha value is -1.68. The van der Waals surface area contributed by atoms with Gasteiger partial charge in [0.2, 0.25) is 0 Å². The van der Waals surface area contributed by atoms with Gasteiger partial charge in [0.1, 0.15) is 0 Å². The average Bonchev–Trinajstić information content (AvgIpc) is 2.30. The summed E-state index contributed by atoms with van der Waals surface area (Å²) in [6.07, 6.45) is 3.69. The van der Waals surface area contributed by atoms with E-state index in [4.69, 9.17) is 5.73 Å². The Morgan fingerprint density at radius 2 is 2.18 bits per heavy atom. The van der Waals surface area contributed by atoms with Gasteiger partial charge in [-0.1, -0.05) is 22.0 Å². The third kappa shape index (κ3) is 2.91. The lowest BCUT2D eigenvalue weighted by molar-refractivity contribution is 0.0993. The number of carbonyl (C=O) groups excluding carboxylic acids is 1. The molecule has 0 spiro atoms. The van der Waals surface area contributed by atoms with Crippen LogP contribution in [0.1, 0.15) is 15.9 Å². The zero-order valence-corrected chi connectivity index (χ0v) is 10.6. The molecule has 1 aromatic heterocycles. The minimum Gasteiger partial charge on any atom is -0.398 e. The summed E-state index contributed by atoms with van der Waals surface area (Å²) in [7, 11) is 0. The number of halogens is 1. The molecule has 0 saturated heterocycles. The number of Topliss-reactive ketones (excluding diaryl/α,β-unsaturated/α-hetero) is 1. The normalized spacial score (nSPS) is 10.2. The van der Waals surface area contributed by atoms with Gasteiger partial charge in [0.25, 0.3) is 0 Å². The summed E-state index contributed by atoms with van der Waals surface area (Å²) >= 11 is 3.31. The Balaban J connectivity index is 2.21.